The van der Waals surface area contributed by atoms with Gasteiger partial charge in [-0.05, 0) is 55.3 Å². The number of carbonyl (C=O) groups is 2. The maximum absolute atomic E-state index is 12.3. The number of aromatic amines is 1. The van der Waals surface area contributed by atoms with E-state index in [-0.39, 0.29) is 30.9 Å². The Bertz CT molecular complexity index is 1000. The summed E-state index contributed by atoms with van der Waals surface area (Å²) >= 11 is 1.67. The molecule has 2 aromatic heterocycles. The highest BCUT2D eigenvalue weighted by Gasteiger charge is 2.19. The molecule has 2 heterocycles. The number of ether oxygens (including phenoxy) is 1. The van der Waals surface area contributed by atoms with Crippen molar-refractivity contribution in [2.45, 2.75) is 51.5 Å². The molecular formula is C23H26N2O3S. The lowest BCUT2D eigenvalue weighted by Gasteiger charge is -2.12. The molecular weight excluding hydrogens is 384 g/mol. The van der Waals surface area contributed by atoms with Crippen LogP contribution in [0, 0.1) is 6.92 Å². The highest BCUT2D eigenvalue weighted by molar-refractivity contribution is 7.13. The lowest BCUT2D eigenvalue weighted by molar-refractivity contribution is -0.148. The third-order valence-corrected chi connectivity index (χ3v) is 6.38. The van der Waals surface area contributed by atoms with Gasteiger partial charge in [0.25, 0.3) is 5.91 Å². The van der Waals surface area contributed by atoms with Crippen LogP contribution in [0.1, 0.15) is 43.2 Å². The largest absolute Gasteiger partial charge is 0.456 e. The van der Waals surface area contributed by atoms with Gasteiger partial charge >= 0.3 is 5.97 Å². The molecule has 1 amide bonds. The second kappa shape index (κ2) is 8.82. The van der Waals surface area contributed by atoms with Gasteiger partial charge in [0.2, 0.25) is 0 Å². The van der Waals surface area contributed by atoms with Crippen molar-refractivity contribution in [1.29, 1.82) is 0 Å². The first kappa shape index (κ1) is 19.7. The molecule has 4 rings (SSSR count). The van der Waals surface area contributed by atoms with E-state index in [1.165, 1.54) is 5.56 Å². The number of hydrogen-bond donors (Lipinski definition) is 2. The first-order valence-corrected chi connectivity index (χ1v) is 11.1. The lowest BCUT2D eigenvalue weighted by Crippen LogP contribution is -2.35. The smallest absolute Gasteiger partial charge is 0.306 e. The number of rotatable bonds is 7. The van der Waals surface area contributed by atoms with Crippen LogP contribution >= 0.6 is 11.3 Å². The zero-order chi connectivity index (χ0) is 20.2. The van der Waals surface area contributed by atoms with Gasteiger partial charge in [0, 0.05) is 23.4 Å². The fraction of sp³-hybridized carbons (Fsp3) is 0.391. The Morgan fingerprint density at radius 1 is 1.24 bits per heavy atom. The number of H-pyrrole nitrogens is 1. The number of amides is 1. The third kappa shape index (κ3) is 4.70. The van der Waals surface area contributed by atoms with E-state index in [1.807, 2.05) is 11.4 Å². The number of esters is 1. The zero-order valence-electron chi connectivity index (χ0n) is 16.6. The summed E-state index contributed by atoms with van der Waals surface area (Å²) in [5, 5.41) is 6.13. The van der Waals surface area contributed by atoms with Crippen molar-refractivity contribution in [2.24, 2.45) is 0 Å². The standard InChI is InChI=1S/C23H26N2O3S/c1-15-8-10-19-18(13-15)17(23(25-19)20-7-4-12-29-20)9-11-22(27)28-14-21(26)24-16-5-2-3-6-16/h4,7-8,10,12-13,16,25H,2-3,5-6,9,11,14H2,1H3,(H,24,26). The van der Waals surface area contributed by atoms with Crippen molar-refractivity contribution in [1.82, 2.24) is 10.3 Å². The first-order valence-electron chi connectivity index (χ1n) is 10.2. The summed E-state index contributed by atoms with van der Waals surface area (Å²) < 4.78 is 5.22. The van der Waals surface area contributed by atoms with Gasteiger partial charge in [-0.1, -0.05) is 30.5 Å². The molecule has 5 nitrogen and oxygen atoms in total. The number of hydrogen-bond acceptors (Lipinski definition) is 4. The van der Waals surface area contributed by atoms with Gasteiger partial charge in [-0.25, -0.2) is 0 Å². The Kier molecular flexibility index (Phi) is 6.00. The highest BCUT2D eigenvalue weighted by Crippen LogP contribution is 2.34. The number of aryl methyl sites for hydroxylation is 2. The van der Waals surface area contributed by atoms with Crippen LogP contribution in [-0.2, 0) is 20.7 Å². The molecule has 0 unspecified atom stereocenters. The molecule has 1 aromatic carbocycles. The van der Waals surface area contributed by atoms with E-state index in [4.69, 9.17) is 4.74 Å². The second-order valence-electron chi connectivity index (χ2n) is 7.71. The summed E-state index contributed by atoms with van der Waals surface area (Å²) in [4.78, 5) is 28.9. The normalized spacial score (nSPS) is 14.4. The molecule has 3 aromatic rings. The van der Waals surface area contributed by atoms with Gasteiger partial charge in [-0.15, -0.1) is 11.3 Å². The minimum Gasteiger partial charge on any atom is -0.456 e. The van der Waals surface area contributed by atoms with Crippen LogP contribution in [0.15, 0.2) is 35.7 Å². The topological polar surface area (TPSA) is 71.2 Å². The monoisotopic (exact) mass is 410 g/mol. The Morgan fingerprint density at radius 2 is 2.07 bits per heavy atom. The lowest BCUT2D eigenvalue weighted by atomic mass is 10.0. The van der Waals surface area contributed by atoms with E-state index in [1.54, 1.807) is 11.3 Å². The van der Waals surface area contributed by atoms with E-state index < -0.39 is 0 Å². The number of thiophene rings is 1. The fourth-order valence-corrected chi connectivity index (χ4v) is 4.79. The Labute approximate surface area is 174 Å². The van der Waals surface area contributed by atoms with E-state index >= 15 is 0 Å². The van der Waals surface area contributed by atoms with Crippen molar-refractivity contribution in [3.8, 4) is 10.6 Å². The van der Waals surface area contributed by atoms with E-state index in [2.05, 4.69) is 41.5 Å². The van der Waals surface area contributed by atoms with E-state index in [9.17, 15) is 9.59 Å². The van der Waals surface area contributed by atoms with Crippen molar-refractivity contribution < 1.29 is 14.3 Å². The zero-order valence-corrected chi connectivity index (χ0v) is 17.4. The Morgan fingerprint density at radius 3 is 2.83 bits per heavy atom. The summed E-state index contributed by atoms with van der Waals surface area (Å²) in [5.41, 5.74) is 4.44. The van der Waals surface area contributed by atoms with Crippen LogP contribution in [0.2, 0.25) is 0 Å². The van der Waals surface area contributed by atoms with E-state index in [0.29, 0.717) is 6.42 Å². The number of benzene rings is 1. The maximum atomic E-state index is 12.3. The first-order chi connectivity index (χ1) is 14.1. The molecule has 1 saturated carbocycles. The average Bonchev–Trinajstić information content (AvgIpc) is 3.45. The molecule has 1 fully saturated rings. The van der Waals surface area contributed by atoms with Crippen molar-refractivity contribution in [3.05, 3.63) is 46.8 Å². The molecule has 6 heteroatoms. The van der Waals surface area contributed by atoms with Crippen LogP contribution in [0.5, 0.6) is 0 Å². The van der Waals surface area contributed by atoms with Crippen LogP contribution in [0.25, 0.3) is 21.5 Å². The maximum Gasteiger partial charge on any atom is 0.306 e. The number of nitrogens with one attached hydrogen (secondary N) is 2. The summed E-state index contributed by atoms with van der Waals surface area (Å²) in [6.45, 7) is 1.87. The molecule has 2 N–H and O–H groups in total. The molecule has 0 saturated heterocycles. The molecule has 0 bridgehead atoms. The molecule has 0 aliphatic heterocycles. The van der Waals surface area contributed by atoms with Gasteiger partial charge in [-0.2, -0.15) is 0 Å². The van der Waals surface area contributed by atoms with Crippen molar-refractivity contribution in [3.63, 3.8) is 0 Å². The van der Waals surface area contributed by atoms with E-state index in [0.717, 1.165) is 52.7 Å². The van der Waals surface area contributed by atoms with Gasteiger partial charge in [0.15, 0.2) is 6.61 Å². The summed E-state index contributed by atoms with van der Waals surface area (Å²) in [6, 6.07) is 10.7. The third-order valence-electron chi connectivity index (χ3n) is 5.49. The Balaban J connectivity index is 1.40. The van der Waals surface area contributed by atoms with Crippen molar-refractivity contribution in [2.75, 3.05) is 6.61 Å². The van der Waals surface area contributed by atoms with Gasteiger partial charge in [0.1, 0.15) is 0 Å². The number of aromatic nitrogens is 1. The SMILES string of the molecule is Cc1ccc2[nH]c(-c3cccs3)c(CCC(=O)OCC(=O)NC3CCCC3)c2c1. The molecule has 152 valence electrons. The van der Waals surface area contributed by atoms with Crippen LogP contribution in [0.3, 0.4) is 0 Å². The summed E-state index contributed by atoms with van der Waals surface area (Å²) in [7, 11) is 0. The minimum atomic E-state index is -0.342. The van der Waals surface area contributed by atoms with Gasteiger partial charge in [-0.3, -0.25) is 9.59 Å². The van der Waals surface area contributed by atoms with Gasteiger partial charge < -0.3 is 15.0 Å². The fourth-order valence-electron chi connectivity index (χ4n) is 4.04. The summed E-state index contributed by atoms with van der Waals surface area (Å²) in [6.07, 6.45) is 5.16. The number of fused-ring (bicyclic) bond motifs is 1. The minimum absolute atomic E-state index is 0.194. The van der Waals surface area contributed by atoms with Crippen LogP contribution in [-0.4, -0.2) is 29.5 Å². The van der Waals surface area contributed by atoms with Crippen LogP contribution in [0.4, 0.5) is 0 Å². The van der Waals surface area contributed by atoms with Gasteiger partial charge in [0.05, 0.1) is 10.6 Å². The Hall–Kier alpha value is -2.60. The summed E-state index contributed by atoms with van der Waals surface area (Å²) in [5.74, 6) is -0.544. The predicted octanol–water partition coefficient (Wildman–Crippen LogP) is 4.74. The molecule has 0 radical (unpaired) electrons. The second-order valence-corrected chi connectivity index (χ2v) is 8.66. The molecule has 0 spiro atoms. The van der Waals surface area contributed by atoms with Crippen molar-refractivity contribution >= 4 is 34.1 Å². The highest BCUT2D eigenvalue weighted by atomic mass is 32.1. The molecule has 1 aliphatic rings. The number of carbonyl (C=O) groups excluding carboxylic acids is 2. The quantitative estimate of drug-likeness (QED) is 0.553. The predicted molar refractivity (Wildman–Crippen MR) is 116 cm³/mol. The molecule has 29 heavy (non-hydrogen) atoms. The molecule has 1 aliphatic carbocycles. The molecule has 0 atom stereocenters. The average molecular weight is 411 g/mol. The van der Waals surface area contributed by atoms with Crippen LogP contribution < -0.4 is 5.32 Å².